The molecule has 0 radical (unpaired) electrons. The molecule has 0 unspecified atom stereocenters. The first-order chi connectivity index (χ1) is 12.4. The first kappa shape index (κ1) is 17.7. The molecule has 1 N–H and O–H groups in total. The van der Waals surface area contributed by atoms with Crippen molar-refractivity contribution in [2.45, 2.75) is 25.8 Å². The van der Waals surface area contributed by atoms with Gasteiger partial charge in [-0.1, -0.05) is 6.92 Å². The number of hydrogen-bond donors (Lipinski definition) is 1. The summed E-state index contributed by atoms with van der Waals surface area (Å²) in [5.74, 6) is 0.779. The van der Waals surface area contributed by atoms with Gasteiger partial charge in [-0.25, -0.2) is 19.3 Å². The smallest absolute Gasteiger partial charge is 0.417 e. The van der Waals surface area contributed by atoms with Crippen molar-refractivity contribution in [2.75, 3.05) is 25.0 Å². The van der Waals surface area contributed by atoms with Gasteiger partial charge in [-0.15, -0.1) is 0 Å². The van der Waals surface area contributed by atoms with Crippen molar-refractivity contribution < 1.29 is 14.7 Å². The van der Waals surface area contributed by atoms with Gasteiger partial charge in [-0.05, 0) is 18.4 Å². The lowest BCUT2D eigenvalue weighted by Crippen LogP contribution is -2.52. The maximum atomic E-state index is 12.1. The lowest BCUT2D eigenvalue weighted by molar-refractivity contribution is -0.131. The molecule has 3 heterocycles. The average Bonchev–Trinajstić information content (AvgIpc) is 3.06. The molecular weight excluding hydrogens is 336 g/mol. The Bertz CT molecular complexity index is 886. The van der Waals surface area contributed by atoms with Crippen LogP contribution in [0.5, 0.6) is 0 Å². The van der Waals surface area contributed by atoms with Crippen LogP contribution in [0.1, 0.15) is 19.8 Å². The number of carbonyl (C=O) groups is 2. The molecule has 1 fully saturated rings. The van der Waals surface area contributed by atoms with Crippen molar-refractivity contribution in [3.8, 4) is 6.07 Å². The maximum absolute atomic E-state index is 12.1. The fourth-order valence-corrected chi connectivity index (χ4v) is 3.49. The predicted molar refractivity (Wildman–Crippen MR) is 93.7 cm³/mol. The number of likely N-dealkylation sites (tertiary alicyclic amines) is 1. The second kappa shape index (κ2) is 7.00. The van der Waals surface area contributed by atoms with Crippen molar-refractivity contribution in [1.82, 2.24) is 19.4 Å². The lowest BCUT2D eigenvalue weighted by atomic mass is 9.92. The molecule has 9 heteroatoms. The number of hydrogen-bond acceptors (Lipinski definition) is 6. The largest absolute Gasteiger partial charge is 0.464 e. The molecule has 0 saturated carbocycles. The zero-order valence-corrected chi connectivity index (χ0v) is 14.7. The van der Waals surface area contributed by atoms with Gasteiger partial charge in [0.25, 0.3) is 0 Å². The van der Waals surface area contributed by atoms with E-state index in [0.29, 0.717) is 35.9 Å². The molecule has 1 saturated heterocycles. The number of carboxylic acid groups (broad SMARTS) is 1. The Morgan fingerprint density at radius 2 is 2.23 bits per heavy atom. The summed E-state index contributed by atoms with van der Waals surface area (Å²) in [6.07, 6.45) is 2.40. The summed E-state index contributed by atoms with van der Waals surface area (Å²) >= 11 is 0. The molecule has 3 rings (SSSR count). The van der Waals surface area contributed by atoms with E-state index >= 15 is 0 Å². The monoisotopic (exact) mass is 356 g/mol. The number of carbonyl (C=O) groups excluding carboxylic acids is 1. The molecule has 0 aromatic carbocycles. The number of anilines is 1. The van der Waals surface area contributed by atoms with Crippen LogP contribution in [-0.2, 0) is 4.79 Å². The van der Waals surface area contributed by atoms with E-state index in [2.05, 4.69) is 16.9 Å². The fraction of sp³-hybridized carbons (Fsp3) is 0.471. The minimum atomic E-state index is -1.10. The topological polar surface area (TPSA) is 115 Å². The zero-order chi connectivity index (χ0) is 18.8. The van der Waals surface area contributed by atoms with Crippen LogP contribution in [0.2, 0.25) is 0 Å². The Morgan fingerprint density at radius 1 is 1.46 bits per heavy atom. The fourth-order valence-electron chi connectivity index (χ4n) is 3.49. The number of piperidine rings is 1. The number of fused-ring (bicyclic) bond motifs is 1. The van der Waals surface area contributed by atoms with E-state index in [-0.39, 0.29) is 18.4 Å². The molecule has 0 spiro atoms. The van der Waals surface area contributed by atoms with Gasteiger partial charge < -0.3 is 14.9 Å². The molecule has 1 aliphatic rings. The third kappa shape index (κ3) is 3.06. The van der Waals surface area contributed by atoms with Gasteiger partial charge in [0, 0.05) is 26.3 Å². The molecule has 0 bridgehead atoms. The van der Waals surface area contributed by atoms with Crippen LogP contribution in [0.15, 0.2) is 18.6 Å². The van der Waals surface area contributed by atoms with Crippen molar-refractivity contribution in [2.24, 2.45) is 5.92 Å². The van der Waals surface area contributed by atoms with Crippen molar-refractivity contribution in [1.29, 1.82) is 5.26 Å². The van der Waals surface area contributed by atoms with E-state index in [1.165, 1.54) is 12.5 Å². The molecule has 2 aromatic heterocycles. The highest BCUT2D eigenvalue weighted by Gasteiger charge is 2.32. The zero-order valence-electron chi connectivity index (χ0n) is 14.7. The van der Waals surface area contributed by atoms with Gasteiger partial charge in [-0.2, -0.15) is 5.26 Å². The van der Waals surface area contributed by atoms with Crippen LogP contribution < -0.4 is 4.90 Å². The normalized spacial score (nSPS) is 20.0. The lowest BCUT2D eigenvalue weighted by Gasteiger charge is -2.42. The summed E-state index contributed by atoms with van der Waals surface area (Å²) in [6.45, 7) is 3.26. The summed E-state index contributed by atoms with van der Waals surface area (Å²) in [4.78, 5) is 35.5. The standard InChI is InChI=1S/C17H20N6O3/c1-11-4-7-22(14(24)3-6-18)9-13(11)21(2)15-12-5-8-23(17(25)26)16(12)20-10-19-15/h5,8,10-11,13H,3-4,7,9H2,1-2H3,(H,25,26)/t11-,13+/m1/s1. The molecule has 136 valence electrons. The SMILES string of the molecule is C[C@@H]1CCN(C(=O)CC#N)C[C@@H]1N(C)c1ncnc2c1ccn2C(=O)O. The third-order valence-corrected chi connectivity index (χ3v) is 5.00. The highest BCUT2D eigenvalue weighted by Crippen LogP contribution is 2.29. The van der Waals surface area contributed by atoms with Gasteiger partial charge in [0.15, 0.2) is 5.65 Å². The molecule has 1 aliphatic heterocycles. The van der Waals surface area contributed by atoms with Crippen molar-refractivity contribution in [3.63, 3.8) is 0 Å². The van der Waals surface area contributed by atoms with Crippen LogP contribution in [0.3, 0.4) is 0 Å². The van der Waals surface area contributed by atoms with Gasteiger partial charge >= 0.3 is 6.09 Å². The molecule has 1 amide bonds. The van der Waals surface area contributed by atoms with Gasteiger partial charge in [-0.3, -0.25) is 4.79 Å². The van der Waals surface area contributed by atoms with Crippen LogP contribution >= 0.6 is 0 Å². The van der Waals surface area contributed by atoms with Gasteiger partial charge in [0.05, 0.1) is 17.5 Å². The Balaban J connectivity index is 1.91. The second-order valence-corrected chi connectivity index (χ2v) is 6.52. The van der Waals surface area contributed by atoms with E-state index in [1.807, 2.05) is 18.0 Å². The Kier molecular flexibility index (Phi) is 4.75. The highest BCUT2D eigenvalue weighted by atomic mass is 16.4. The Morgan fingerprint density at radius 3 is 2.92 bits per heavy atom. The van der Waals surface area contributed by atoms with E-state index in [1.54, 1.807) is 11.0 Å². The van der Waals surface area contributed by atoms with Crippen LogP contribution in [0.25, 0.3) is 11.0 Å². The first-order valence-corrected chi connectivity index (χ1v) is 8.37. The number of rotatable bonds is 3. The second-order valence-electron chi connectivity index (χ2n) is 6.52. The summed E-state index contributed by atoms with van der Waals surface area (Å²) in [6, 6.07) is 3.60. The third-order valence-electron chi connectivity index (χ3n) is 5.00. The molecule has 0 aliphatic carbocycles. The maximum Gasteiger partial charge on any atom is 0.417 e. The quantitative estimate of drug-likeness (QED) is 0.887. The number of nitriles is 1. The van der Waals surface area contributed by atoms with E-state index in [4.69, 9.17) is 5.26 Å². The minimum absolute atomic E-state index is 0.0117. The first-order valence-electron chi connectivity index (χ1n) is 8.37. The van der Waals surface area contributed by atoms with Crippen LogP contribution in [0, 0.1) is 17.2 Å². The van der Waals surface area contributed by atoms with Gasteiger partial charge in [0.1, 0.15) is 18.6 Å². The number of amides is 1. The van der Waals surface area contributed by atoms with Crippen LogP contribution in [0.4, 0.5) is 10.6 Å². The number of aromatic nitrogens is 3. The number of nitrogens with zero attached hydrogens (tertiary/aromatic N) is 6. The van der Waals surface area contributed by atoms with Crippen molar-refractivity contribution in [3.05, 3.63) is 18.6 Å². The summed E-state index contributed by atoms with van der Waals surface area (Å²) in [5.41, 5.74) is 0.329. The molecule has 2 aromatic rings. The van der Waals surface area contributed by atoms with Gasteiger partial charge in [0.2, 0.25) is 5.91 Å². The molecule has 2 atom stereocenters. The summed E-state index contributed by atoms with van der Waals surface area (Å²) < 4.78 is 1.06. The molecule has 9 nitrogen and oxygen atoms in total. The van der Waals surface area contributed by atoms with Crippen molar-refractivity contribution >= 4 is 28.9 Å². The van der Waals surface area contributed by atoms with Crippen LogP contribution in [-0.4, -0.2) is 62.7 Å². The number of likely N-dealkylation sites (N-methyl/N-ethyl adjacent to an activating group) is 1. The Labute approximate surface area is 150 Å². The highest BCUT2D eigenvalue weighted by molar-refractivity contribution is 5.93. The summed E-state index contributed by atoms with van der Waals surface area (Å²) in [7, 11) is 1.89. The van der Waals surface area contributed by atoms with E-state index in [0.717, 1.165) is 11.0 Å². The van der Waals surface area contributed by atoms with E-state index < -0.39 is 6.09 Å². The predicted octanol–water partition coefficient (Wildman–Crippen LogP) is 1.54. The molecule has 26 heavy (non-hydrogen) atoms. The average molecular weight is 356 g/mol. The minimum Gasteiger partial charge on any atom is -0.464 e. The summed E-state index contributed by atoms with van der Waals surface area (Å²) in [5, 5.41) is 18.7. The molecular formula is C17H20N6O3. The Hall–Kier alpha value is -3.15. The van der Waals surface area contributed by atoms with E-state index in [9.17, 15) is 14.7 Å².